The van der Waals surface area contributed by atoms with Crippen molar-refractivity contribution >= 4 is 23.2 Å². The molecule has 154 valence electrons. The third kappa shape index (κ3) is 4.91. The van der Waals surface area contributed by atoms with Gasteiger partial charge in [-0.3, -0.25) is 9.59 Å². The van der Waals surface area contributed by atoms with Gasteiger partial charge in [0, 0.05) is 18.0 Å². The van der Waals surface area contributed by atoms with Gasteiger partial charge in [0.1, 0.15) is 21.7 Å². The molecular weight excluding hydrogens is 401 g/mol. The highest BCUT2D eigenvalue weighted by Crippen LogP contribution is 2.28. The van der Waals surface area contributed by atoms with Gasteiger partial charge in [-0.25, -0.2) is 9.37 Å². The first kappa shape index (κ1) is 20.2. The molecule has 1 unspecified atom stereocenters. The van der Waals surface area contributed by atoms with Gasteiger partial charge < -0.3 is 10.6 Å². The van der Waals surface area contributed by atoms with E-state index >= 15 is 0 Å². The van der Waals surface area contributed by atoms with Crippen LogP contribution in [0.4, 0.5) is 4.39 Å². The summed E-state index contributed by atoms with van der Waals surface area (Å²) in [6, 6.07) is 15.2. The zero-order valence-corrected chi connectivity index (χ0v) is 17.3. The third-order valence-corrected chi connectivity index (χ3v) is 6.13. The molecule has 0 bridgehead atoms. The number of amides is 2. The minimum Gasteiger partial charge on any atom is -0.352 e. The first-order chi connectivity index (χ1) is 14.5. The van der Waals surface area contributed by atoms with Gasteiger partial charge in [0.15, 0.2) is 0 Å². The van der Waals surface area contributed by atoms with Crippen molar-refractivity contribution in [3.05, 3.63) is 76.5 Å². The van der Waals surface area contributed by atoms with Gasteiger partial charge in [-0.15, -0.1) is 11.3 Å². The molecule has 30 heavy (non-hydrogen) atoms. The number of nitrogens with one attached hydrogen (secondary N) is 2. The van der Waals surface area contributed by atoms with E-state index < -0.39 is 6.04 Å². The van der Waals surface area contributed by atoms with Gasteiger partial charge in [-0.05, 0) is 49.6 Å². The van der Waals surface area contributed by atoms with E-state index in [1.807, 2.05) is 30.3 Å². The number of aromatic nitrogens is 1. The summed E-state index contributed by atoms with van der Waals surface area (Å²) in [6.45, 7) is 1.76. The van der Waals surface area contributed by atoms with Crippen molar-refractivity contribution in [2.75, 3.05) is 0 Å². The maximum atomic E-state index is 13.2. The molecule has 0 radical (unpaired) electrons. The molecule has 1 heterocycles. The first-order valence-corrected chi connectivity index (χ1v) is 10.7. The Labute approximate surface area is 178 Å². The molecule has 2 amide bonds. The number of benzene rings is 2. The predicted molar refractivity (Wildman–Crippen MR) is 115 cm³/mol. The Kier molecular flexibility index (Phi) is 5.90. The van der Waals surface area contributed by atoms with Gasteiger partial charge >= 0.3 is 0 Å². The van der Waals surface area contributed by atoms with Gasteiger partial charge in [-0.1, -0.05) is 30.3 Å². The Morgan fingerprint density at radius 2 is 1.83 bits per heavy atom. The van der Waals surface area contributed by atoms with E-state index in [0.717, 1.165) is 24.0 Å². The van der Waals surface area contributed by atoms with Crippen LogP contribution in [0.15, 0.2) is 54.6 Å². The molecule has 0 spiro atoms. The summed E-state index contributed by atoms with van der Waals surface area (Å²) in [6.07, 6.45) is 2.37. The van der Waals surface area contributed by atoms with Crippen LogP contribution in [0.25, 0.3) is 10.6 Å². The Morgan fingerprint density at radius 1 is 1.13 bits per heavy atom. The number of nitrogens with zero attached hydrogens (tertiary/aromatic N) is 1. The number of rotatable bonds is 7. The van der Waals surface area contributed by atoms with Crippen molar-refractivity contribution in [1.29, 1.82) is 0 Å². The Morgan fingerprint density at radius 3 is 2.50 bits per heavy atom. The Balaban J connectivity index is 1.52. The summed E-state index contributed by atoms with van der Waals surface area (Å²) in [5.74, 6) is -0.823. The van der Waals surface area contributed by atoms with E-state index in [0.29, 0.717) is 22.0 Å². The minimum atomic E-state index is -0.670. The lowest BCUT2D eigenvalue weighted by molar-refractivity contribution is -0.123. The monoisotopic (exact) mass is 423 g/mol. The SMILES string of the molecule is Cc1nc(-c2ccc(F)cc2)sc1C(=O)NC(Cc1ccccc1)C(=O)NC1CC1. The minimum absolute atomic E-state index is 0.171. The normalized spacial score (nSPS) is 14.2. The van der Waals surface area contributed by atoms with Crippen LogP contribution in [0, 0.1) is 12.7 Å². The highest BCUT2D eigenvalue weighted by Gasteiger charge is 2.29. The van der Waals surface area contributed by atoms with Crippen molar-refractivity contribution in [3.63, 3.8) is 0 Å². The van der Waals surface area contributed by atoms with Gasteiger partial charge in [0.05, 0.1) is 5.69 Å². The van der Waals surface area contributed by atoms with E-state index in [1.165, 1.54) is 23.5 Å². The quantitative estimate of drug-likeness (QED) is 0.606. The van der Waals surface area contributed by atoms with Crippen LogP contribution in [-0.4, -0.2) is 28.9 Å². The number of hydrogen-bond acceptors (Lipinski definition) is 4. The Bertz CT molecular complexity index is 1050. The molecule has 1 fully saturated rings. The molecule has 5 nitrogen and oxygen atoms in total. The van der Waals surface area contributed by atoms with Crippen LogP contribution in [0.1, 0.15) is 33.8 Å². The van der Waals surface area contributed by atoms with Crippen molar-refractivity contribution in [2.45, 2.75) is 38.3 Å². The smallest absolute Gasteiger partial charge is 0.263 e. The maximum Gasteiger partial charge on any atom is 0.263 e. The summed E-state index contributed by atoms with van der Waals surface area (Å²) in [5.41, 5.74) is 2.30. The Hall–Kier alpha value is -3.06. The summed E-state index contributed by atoms with van der Waals surface area (Å²) >= 11 is 1.24. The van der Waals surface area contributed by atoms with Crippen LogP contribution in [0.3, 0.4) is 0 Å². The van der Waals surface area contributed by atoms with E-state index in [9.17, 15) is 14.0 Å². The van der Waals surface area contributed by atoms with Crippen LogP contribution >= 0.6 is 11.3 Å². The highest BCUT2D eigenvalue weighted by molar-refractivity contribution is 7.17. The van der Waals surface area contributed by atoms with Crippen molar-refractivity contribution in [1.82, 2.24) is 15.6 Å². The summed E-state index contributed by atoms with van der Waals surface area (Å²) in [4.78, 5) is 30.6. The molecule has 0 saturated heterocycles. The number of halogens is 1. The molecule has 7 heteroatoms. The van der Waals surface area contributed by atoms with E-state index in [1.54, 1.807) is 19.1 Å². The number of thiazole rings is 1. The second-order valence-corrected chi connectivity index (χ2v) is 8.44. The van der Waals surface area contributed by atoms with E-state index in [-0.39, 0.29) is 23.7 Å². The van der Waals surface area contributed by atoms with Crippen molar-refractivity contribution in [3.8, 4) is 10.6 Å². The zero-order valence-electron chi connectivity index (χ0n) is 16.5. The molecule has 2 N–H and O–H groups in total. The lowest BCUT2D eigenvalue weighted by Crippen LogP contribution is -2.48. The second kappa shape index (κ2) is 8.75. The van der Waals surface area contributed by atoms with Crippen LogP contribution in [-0.2, 0) is 11.2 Å². The number of carbonyl (C=O) groups excluding carboxylic acids is 2. The molecule has 1 atom stereocenters. The first-order valence-electron chi connectivity index (χ1n) is 9.88. The average Bonchev–Trinajstić information content (AvgIpc) is 3.47. The lowest BCUT2D eigenvalue weighted by Gasteiger charge is -2.18. The molecule has 1 aliphatic carbocycles. The van der Waals surface area contributed by atoms with Crippen molar-refractivity contribution in [2.24, 2.45) is 0 Å². The molecule has 3 aromatic rings. The predicted octanol–water partition coefficient (Wildman–Crippen LogP) is 3.88. The van der Waals surface area contributed by atoms with Gasteiger partial charge in [0.2, 0.25) is 5.91 Å². The number of carbonyl (C=O) groups is 2. The topological polar surface area (TPSA) is 71.1 Å². The lowest BCUT2D eigenvalue weighted by atomic mass is 10.0. The van der Waals surface area contributed by atoms with Crippen LogP contribution < -0.4 is 10.6 Å². The average molecular weight is 424 g/mol. The summed E-state index contributed by atoms with van der Waals surface area (Å²) < 4.78 is 13.2. The fraction of sp³-hybridized carbons (Fsp3) is 0.261. The zero-order chi connectivity index (χ0) is 21.1. The molecule has 4 rings (SSSR count). The maximum absolute atomic E-state index is 13.2. The van der Waals surface area contributed by atoms with Crippen LogP contribution in [0.5, 0.6) is 0 Å². The van der Waals surface area contributed by atoms with E-state index in [4.69, 9.17) is 0 Å². The van der Waals surface area contributed by atoms with E-state index in [2.05, 4.69) is 15.6 Å². The van der Waals surface area contributed by atoms with Crippen LogP contribution in [0.2, 0.25) is 0 Å². The fourth-order valence-electron chi connectivity index (χ4n) is 3.14. The fourth-order valence-corrected chi connectivity index (χ4v) is 4.11. The molecule has 2 aromatic carbocycles. The molecule has 0 aliphatic heterocycles. The molecular formula is C23H22FN3O2S. The molecule has 1 aliphatic rings. The molecule has 1 saturated carbocycles. The standard InChI is InChI=1S/C23H22FN3O2S/c1-14-20(30-23(25-14)16-7-9-17(24)10-8-16)22(29)27-19(21(28)26-18-11-12-18)13-15-5-3-2-4-6-15/h2-10,18-19H,11-13H2,1H3,(H,26,28)(H,27,29). The number of hydrogen-bond donors (Lipinski definition) is 2. The van der Waals surface area contributed by atoms with Gasteiger partial charge in [-0.2, -0.15) is 0 Å². The van der Waals surface area contributed by atoms with Crippen molar-refractivity contribution < 1.29 is 14.0 Å². The summed E-state index contributed by atoms with van der Waals surface area (Å²) in [5, 5.41) is 6.51. The van der Waals surface area contributed by atoms with Gasteiger partial charge in [0.25, 0.3) is 5.91 Å². The second-order valence-electron chi connectivity index (χ2n) is 7.44. The number of aryl methyl sites for hydroxylation is 1. The third-order valence-electron chi connectivity index (χ3n) is 4.92. The molecule has 1 aromatic heterocycles. The highest BCUT2D eigenvalue weighted by atomic mass is 32.1. The largest absolute Gasteiger partial charge is 0.352 e. The summed E-state index contributed by atoms with van der Waals surface area (Å²) in [7, 11) is 0.